The van der Waals surface area contributed by atoms with Gasteiger partial charge in [-0.2, -0.15) is 0 Å². The summed E-state index contributed by atoms with van der Waals surface area (Å²) in [6.45, 7) is 0.0775. The summed E-state index contributed by atoms with van der Waals surface area (Å²) in [5.74, 6) is 0.510. The molecule has 2 rings (SSSR count). The Balaban J connectivity index is 2.01. The van der Waals surface area contributed by atoms with Gasteiger partial charge < -0.3 is 10.5 Å². The molecule has 0 saturated heterocycles. The molecule has 1 aromatic heterocycles. The van der Waals surface area contributed by atoms with Crippen LogP contribution in [0.25, 0.3) is 0 Å². The second kappa shape index (κ2) is 5.71. The van der Waals surface area contributed by atoms with Gasteiger partial charge in [0.1, 0.15) is 12.4 Å². The SMILES string of the molecule is Nc1cnccc1S(=O)(=O)CCOc1ccccc1. The van der Waals surface area contributed by atoms with Gasteiger partial charge in [0.15, 0.2) is 9.84 Å². The molecule has 0 spiro atoms. The van der Waals surface area contributed by atoms with E-state index in [9.17, 15) is 8.42 Å². The van der Waals surface area contributed by atoms with Gasteiger partial charge in [0.2, 0.25) is 0 Å². The van der Waals surface area contributed by atoms with Crippen LogP contribution in [0.5, 0.6) is 5.75 Å². The molecule has 0 aliphatic rings. The van der Waals surface area contributed by atoms with Crippen LogP contribution in [0.1, 0.15) is 0 Å². The number of ether oxygens (including phenoxy) is 1. The Bertz CT molecular complexity index is 642. The van der Waals surface area contributed by atoms with Crippen LogP contribution in [0.15, 0.2) is 53.7 Å². The molecule has 0 amide bonds. The number of anilines is 1. The molecule has 0 bridgehead atoms. The van der Waals surface area contributed by atoms with E-state index in [4.69, 9.17) is 10.5 Å². The maximum absolute atomic E-state index is 12.1. The molecule has 1 heterocycles. The number of hydrogen-bond acceptors (Lipinski definition) is 5. The number of nitrogen functional groups attached to an aromatic ring is 1. The first-order valence-electron chi connectivity index (χ1n) is 5.70. The largest absolute Gasteiger partial charge is 0.493 e. The molecule has 0 aliphatic carbocycles. The van der Waals surface area contributed by atoms with Crippen molar-refractivity contribution in [2.24, 2.45) is 0 Å². The fourth-order valence-electron chi connectivity index (χ4n) is 1.57. The predicted octanol–water partition coefficient (Wildman–Crippen LogP) is 1.52. The molecule has 0 unspecified atom stereocenters. The van der Waals surface area contributed by atoms with E-state index in [-0.39, 0.29) is 22.9 Å². The fraction of sp³-hybridized carbons (Fsp3) is 0.154. The minimum absolute atomic E-state index is 0.0775. The van der Waals surface area contributed by atoms with Crippen LogP contribution in [0.3, 0.4) is 0 Å². The van der Waals surface area contributed by atoms with Gasteiger partial charge in [-0.3, -0.25) is 4.98 Å². The second-order valence-corrected chi connectivity index (χ2v) is 5.97. The van der Waals surface area contributed by atoms with Crippen molar-refractivity contribution in [1.29, 1.82) is 0 Å². The van der Waals surface area contributed by atoms with Crippen LogP contribution in [0.2, 0.25) is 0 Å². The molecule has 5 nitrogen and oxygen atoms in total. The third-order valence-electron chi connectivity index (χ3n) is 2.51. The van der Waals surface area contributed by atoms with Gasteiger partial charge in [-0.1, -0.05) is 18.2 Å². The number of nitrogens with two attached hydrogens (primary N) is 1. The lowest BCUT2D eigenvalue weighted by molar-refractivity contribution is 0.341. The highest BCUT2D eigenvalue weighted by molar-refractivity contribution is 7.91. The number of nitrogens with zero attached hydrogens (tertiary/aromatic N) is 1. The van der Waals surface area contributed by atoms with Gasteiger partial charge in [0.05, 0.1) is 22.5 Å². The standard InChI is InChI=1S/C13H14N2O3S/c14-12-10-15-7-6-13(12)19(16,17)9-8-18-11-4-2-1-3-5-11/h1-7,10H,8-9,14H2. The van der Waals surface area contributed by atoms with E-state index in [0.29, 0.717) is 5.75 Å². The topological polar surface area (TPSA) is 82.3 Å². The van der Waals surface area contributed by atoms with Crippen LogP contribution in [0.4, 0.5) is 5.69 Å². The predicted molar refractivity (Wildman–Crippen MR) is 72.6 cm³/mol. The summed E-state index contributed by atoms with van der Waals surface area (Å²) < 4.78 is 29.5. The van der Waals surface area contributed by atoms with Crippen molar-refractivity contribution in [3.63, 3.8) is 0 Å². The minimum atomic E-state index is -3.45. The summed E-state index contributed by atoms with van der Waals surface area (Å²) in [6.07, 6.45) is 2.73. The van der Waals surface area contributed by atoms with Gasteiger partial charge in [-0.05, 0) is 18.2 Å². The van der Waals surface area contributed by atoms with Gasteiger partial charge in [0.25, 0.3) is 0 Å². The maximum atomic E-state index is 12.1. The Hall–Kier alpha value is -2.08. The third-order valence-corrected chi connectivity index (χ3v) is 4.26. The Morgan fingerprint density at radius 2 is 1.89 bits per heavy atom. The molecule has 19 heavy (non-hydrogen) atoms. The average molecular weight is 278 g/mol. The molecule has 1 aromatic carbocycles. The van der Waals surface area contributed by atoms with Crippen molar-refractivity contribution in [3.8, 4) is 5.75 Å². The van der Waals surface area contributed by atoms with Crippen LogP contribution < -0.4 is 10.5 Å². The number of rotatable bonds is 5. The molecule has 2 N–H and O–H groups in total. The van der Waals surface area contributed by atoms with Crippen LogP contribution in [-0.2, 0) is 9.84 Å². The summed E-state index contributed by atoms with van der Waals surface area (Å²) in [4.78, 5) is 3.86. The van der Waals surface area contributed by atoms with Crippen molar-refractivity contribution in [3.05, 3.63) is 48.8 Å². The van der Waals surface area contributed by atoms with E-state index in [1.165, 1.54) is 18.5 Å². The minimum Gasteiger partial charge on any atom is -0.493 e. The summed E-state index contributed by atoms with van der Waals surface area (Å²) >= 11 is 0. The normalized spacial score (nSPS) is 11.2. The highest BCUT2D eigenvalue weighted by Crippen LogP contribution is 2.17. The Morgan fingerprint density at radius 1 is 1.16 bits per heavy atom. The van der Waals surface area contributed by atoms with Crippen molar-refractivity contribution in [1.82, 2.24) is 4.98 Å². The van der Waals surface area contributed by atoms with Crippen LogP contribution in [-0.4, -0.2) is 25.8 Å². The van der Waals surface area contributed by atoms with Gasteiger partial charge in [-0.25, -0.2) is 8.42 Å². The maximum Gasteiger partial charge on any atom is 0.183 e. The number of para-hydroxylation sites is 1. The summed E-state index contributed by atoms with van der Waals surface area (Å²) in [5, 5.41) is 0. The summed E-state index contributed by atoms with van der Waals surface area (Å²) in [7, 11) is -3.45. The molecule has 6 heteroatoms. The molecule has 2 aromatic rings. The van der Waals surface area contributed by atoms with Crippen LogP contribution >= 0.6 is 0 Å². The molecule has 0 aliphatic heterocycles. The van der Waals surface area contributed by atoms with Crippen molar-refractivity contribution >= 4 is 15.5 Å². The van der Waals surface area contributed by atoms with Crippen molar-refractivity contribution < 1.29 is 13.2 Å². The number of sulfone groups is 1. The Labute approximate surface area is 112 Å². The van der Waals surface area contributed by atoms with E-state index in [1.54, 1.807) is 12.1 Å². The molecular formula is C13H14N2O3S. The Kier molecular flexibility index (Phi) is 4.01. The van der Waals surface area contributed by atoms with E-state index in [1.807, 2.05) is 18.2 Å². The van der Waals surface area contributed by atoms with E-state index < -0.39 is 9.84 Å². The number of hydrogen-bond donors (Lipinski definition) is 1. The lowest BCUT2D eigenvalue weighted by atomic mass is 10.3. The second-order valence-electron chi connectivity index (χ2n) is 3.89. The monoisotopic (exact) mass is 278 g/mol. The highest BCUT2D eigenvalue weighted by Gasteiger charge is 2.17. The zero-order valence-electron chi connectivity index (χ0n) is 10.2. The first-order chi connectivity index (χ1) is 9.09. The van der Waals surface area contributed by atoms with E-state index in [0.717, 1.165) is 0 Å². The number of benzene rings is 1. The van der Waals surface area contributed by atoms with Crippen molar-refractivity contribution in [2.45, 2.75) is 4.90 Å². The van der Waals surface area contributed by atoms with Crippen LogP contribution in [0, 0.1) is 0 Å². The quantitative estimate of drug-likeness (QED) is 0.896. The van der Waals surface area contributed by atoms with Gasteiger partial charge in [0, 0.05) is 6.20 Å². The summed E-state index contributed by atoms with van der Waals surface area (Å²) in [6, 6.07) is 10.4. The first kappa shape index (κ1) is 13.4. The van der Waals surface area contributed by atoms with Crippen molar-refractivity contribution in [2.75, 3.05) is 18.1 Å². The molecular weight excluding hydrogens is 264 g/mol. The van der Waals surface area contributed by atoms with Gasteiger partial charge >= 0.3 is 0 Å². The van der Waals surface area contributed by atoms with Gasteiger partial charge in [-0.15, -0.1) is 0 Å². The third kappa shape index (κ3) is 3.45. The fourth-order valence-corrected chi connectivity index (χ4v) is 2.78. The lowest BCUT2D eigenvalue weighted by Crippen LogP contribution is -2.15. The molecule has 0 radical (unpaired) electrons. The number of pyridine rings is 1. The molecule has 0 atom stereocenters. The highest BCUT2D eigenvalue weighted by atomic mass is 32.2. The average Bonchev–Trinajstić information content (AvgIpc) is 2.40. The summed E-state index contributed by atoms with van der Waals surface area (Å²) in [5.41, 5.74) is 5.76. The molecule has 100 valence electrons. The van der Waals surface area contributed by atoms with E-state index in [2.05, 4.69) is 4.98 Å². The zero-order valence-corrected chi connectivity index (χ0v) is 11.0. The van der Waals surface area contributed by atoms with E-state index >= 15 is 0 Å². The Morgan fingerprint density at radius 3 is 2.58 bits per heavy atom. The smallest absolute Gasteiger partial charge is 0.183 e. The lowest BCUT2D eigenvalue weighted by Gasteiger charge is -2.08. The zero-order chi connectivity index (χ0) is 13.7. The first-order valence-corrected chi connectivity index (χ1v) is 7.35. The molecule has 0 fully saturated rings. The molecule has 0 saturated carbocycles. The number of aromatic nitrogens is 1.